The molecular weight excluding hydrogens is 348 g/mol. The van der Waals surface area contributed by atoms with Gasteiger partial charge in [0.1, 0.15) is 0 Å². The second kappa shape index (κ2) is 8.26. The molecule has 0 unspecified atom stereocenters. The summed E-state index contributed by atoms with van der Waals surface area (Å²) < 4.78 is 1.43. The number of rotatable bonds is 7. The number of carbonyl (C=O) groups excluding carboxylic acids is 1. The number of aromatic nitrogens is 4. The van der Waals surface area contributed by atoms with Crippen LogP contribution < -0.4 is 21.8 Å². The van der Waals surface area contributed by atoms with Gasteiger partial charge < -0.3 is 10.6 Å². The monoisotopic (exact) mass is 368 g/mol. The molecule has 1 amide bonds. The Morgan fingerprint density at radius 2 is 2.04 bits per heavy atom. The fourth-order valence-corrected chi connectivity index (χ4v) is 2.62. The molecule has 3 rings (SSSR count). The quantitative estimate of drug-likeness (QED) is 0.519. The maximum Gasteiger partial charge on any atom is 0.261 e. The van der Waals surface area contributed by atoms with Crippen LogP contribution >= 0.6 is 0 Å². The lowest BCUT2D eigenvalue weighted by atomic mass is 10.2. The maximum absolute atomic E-state index is 12.4. The van der Waals surface area contributed by atoms with Crippen LogP contribution in [0.3, 0.4) is 0 Å². The predicted octanol–water partition coefficient (Wildman–Crippen LogP) is 0.407. The molecule has 2 aromatic heterocycles. The number of nitrogens with one attached hydrogen (secondary N) is 3. The van der Waals surface area contributed by atoms with Crippen molar-refractivity contribution in [3.05, 3.63) is 63.1 Å². The molecule has 0 bridgehead atoms. The minimum Gasteiger partial charge on any atom is -0.354 e. The van der Waals surface area contributed by atoms with E-state index in [1.807, 2.05) is 6.07 Å². The number of carbonyl (C=O) groups is 1. The van der Waals surface area contributed by atoms with Crippen molar-refractivity contribution in [2.45, 2.75) is 19.9 Å². The highest BCUT2D eigenvalue weighted by atomic mass is 16.2. The average Bonchev–Trinajstić information content (AvgIpc) is 2.64. The number of amides is 1. The first kappa shape index (κ1) is 18.3. The summed E-state index contributed by atoms with van der Waals surface area (Å²) in [5.41, 5.74) is 0.852. The molecule has 0 saturated heterocycles. The summed E-state index contributed by atoms with van der Waals surface area (Å²) in [6.45, 7) is 2.76. The van der Waals surface area contributed by atoms with Gasteiger partial charge in [0.2, 0.25) is 11.9 Å². The van der Waals surface area contributed by atoms with Gasteiger partial charge in [-0.15, -0.1) is 0 Å². The molecule has 0 fully saturated rings. The second-order valence-electron chi connectivity index (χ2n) is 6.02. The molecule has 0 saturated carbocycles. The number of para-hydroxylation sites is 1. The number of hydrogen-bond acceptors (Lipinski definition) is 6. The van der Waals surface area contributed by atoms with Gasteiger partial charge >= 0.3 is 0 Å². The van der Waals surface area contributed by atoms with E-state index in [2.05, 4.69) is 25.6 Å². The Labute approximate surface area is 154 Å². The second-order valence-corrected chi connectivity index (χ2v) is 6.02. The van der Waals surface area contributed by atoms with Crippen molar-refractivity contribution in [2.24, 2.45) is 0 Å². The van der Waals surface area contributed by atoms with Gasteiger partial charge in [-0.25, -0.2) is 9.97 Å². The smallest absolute Gasteiger partial charge is 0.261 e. The van der Waals surface area contributed by atoms with E-state index in [0.717, 1.165) is 0 Å². The van der Waals surface area contributed by atoms with Crippen LogP contribution in [0.4, 0.5) is 5.95 Å². The average molecular weight is 368 g/mol. The Morgan fingerprint density at radius 1 is 1.22 bits per heavy atom. The van der Waals surface area contributed by atoms with Crippen LogP contribution in [0.2, 0.25) is 0 Å². The van der Waals surface area contributed by atoms with E-state index < -0.39 is 0 Å². The highest BCUT2D eigenvalue weighted by Gasteiger charge is 2.06. The Hall–Kier alpha value is -3.49. The van der Waals surface area contributed by atoms with Crippen molar-refractivity contribution < 1.29 is 4.79 Å². The van der Waals surface area contributed by atoms with Crippen LogP contribution in [-0.4, -0.2) is 38.5 Å². The molecule has 9 nitrogen and oxygen atoms in total. The van der Waals surface area contributed by atoms with Crippen LogP contribution in [0.15, 0.2) is 46.2 Å². The van der Waals surface area contributed by atoms with E-state index in [1.54, 1.807) is 25.1 Å². The van der Waals surface area contributed by atoms with Gasteiger partial charge in [0.25, 0.3) is 11.1 Å². The van der Waals surface area contributed by atoms with Gasteiger partial charge in [0.05, 0.1) is 17.2 Å². The highest BCUT2D eigenvalue weighted by molar-refractivity contribution is 5.77. The van der Waals surface area contributed by atoms with Gasteiger partial charge in [0.15, 0.2) is 0 Å². The molecule has 9 heteroatoms. The van der Waals surface area contributed by atoms with Crippen molar-refractivity contribution in [1.82, 2.24) is 24.8 Å². The standard InChI is InChI=1S/C18H20N6O3/c1-12-10-16(26)23-18(22-12)20-8-7-19-15(25)6-9-24-11-21-14-5-3-2-4-13(14)17(24)27/h2-5,10-11H,6-9H2,1H3,(H,19,25)(H2,20,22,23,26). The molecule has 0 aliphatic heterocycles. The summed E-state index contributed by atoms with van der Waals surface area (Å²) in [6.07, 6.45) is 1.62. The molecule has 2 heterocycles. The van der Waals surface area contributed by atoms with Crippen LogP contribution in [0.5, 0.6) is 0 Å². The van der Waals surface area contributed by atoms with Crippen LogP contribution in [0.1, 0.15) is 12.1 Å². The summed E-state index contributed by atoms with van der Waals surface area (Å²) in [7, 11) is 0. The number of nitrogens with zero attached hydrogens (tertiary/aromatic N) is 3. The topological polar surface area (TPSA) is 122 Å². The van der Waals surface area contributed by atoms with Crippen LogP contribution in [0.25, 0.3) is 10.9 Å². The summed E-state index contributed by atoms with van der Waals surface area (Å²) in [5.74, 6) is 0.186. The molecule has 0 atom stereocenters. The fourth-order valence-electron chi connectivity index (χ4n) is 2.62. The van der Waals surface area contributed by atoms with Crippen molar-refractivity contribution in [2.75, 3.05) is 18.4 Å². The number of anilines is 1. The highest BCUT2D eigenvalue weighted by Crippen LogP contribution is 2.04. The van der Waals surface area contributed by atoms with Gasteiger partial charge in [-0.3, -0.25) is 23.9 Å². The van der Waals surface area contributed by atoms with Crippen molar-refractivity contribution in [1.29, 1.82) is 0 Å². The zero-order chi connectivity index (χ0) is 19.2. The van der Waals surface area contributed by atoms with Gasteiger partial charge in [-0.1, -0.05) is 12.1 Å². The third-order valence-corrected chi connectivity index (χ3v) is 3.92. The zero-order valence-electron chi connectivity index (χ0n) is 14.9. The SMILES string of the molecule is Cc1cc(=O)[nH]c(NCCNC(=O)CCn2cnc3ccccc3c2=O)n1. The lowest BCUT2D eigenvalue weighted by molar-refractivity contribution is -0.121. The molecule has 0 aliphatic rings. The van der Waals surface area contributed by atoms with E-state index in [9.17, 15) is 14.4 Å². The molecule has 3 aromatic rings. The first-order valence-corrected chi connectivity index (χ1v) is 8.55. The number of H-pyrrole nitrogens is 1. The van der Waals surface area contributed by atoms with Crippen molar-refractivity contribution >= 4 is 22.8 Å². The number of aryl methyl sites for hydroxylation is 2. The molecule has 140 valence electrons. The minimum absolute atomic E-state index is 0.162. The van der Waals surface area contributed by atoms with E-state index in [-0.39, 0.29) is 30.0 Å². The number of benzene rings is 1. The first-order valence-electron chi connectivity index (χ1n) is 8.55. The summed E-state index contributed by atoms with van der Waals surface area (Å²) >= 11 is 0. The molecule has 27 heavy (non-hydrogen) atoms. The van der Waals surface area contributed by atoms with E-state index in [1.165, 1.54) is 17.0 Å². The lowest BCUT2D eigenvalue weighted by Gasteiger charge is -2.09. The van der Waals surface area contributed by atoms with Gasteiger partial charge in [-0.05, 0) is 19.1 Å². The fraction of sp³-hybridized carbons (Fsp3) is 0.278. The normalized spacial score (nSPS) is 10.7. The molecule has 3 N–H and O–H groups in total. The summed E-state index contributed by atoms with van der Waals surface area (Å²) in [5, 5.41) is 6.22. The molecule has 0 spiro atoms. The van der Waals surface area contributed by atoms with E-state index in [4.69, 9.17) is 0 Å². The third-order valence-electron chi connectivity index (χ3n) is 3.92. The van der Waals surface area contributed by atoms with Crippen LogP contribution in [-0.2, 0) is 11.3 Å². The van der Waals surface area contributed by atoms with E-state index in [0.29, 0.717) is 35.6 Å². The minimum atomic E-state index is -0.233. The summed E-state index contributed by atoms with van der Waals surface area (Å²) in [6, 6.07) is 8.50. The van der Waals surface area contributed by atoms with Crippen molar-refractivity contribution in [3.8, 4) is 0 Å². The predicted molar refractivity (Wildman–Crippen MR) is 102 cm³/mol. The zero-order valence-corrected chi connectivity index (χ0v) is 14.9. The molecular formula is C18H20N6O3. The Kier molecular flexibility index (Phi) is 5.60. The first-order chi connectivity index (χ1) is 13.0. The summed E-state index contributed by atoms with van der Waals surface area (Å²) in [4.78, 5) is 46.6. The number of hydrogen-bond donors (Lipinski definition) is 3. The largest absolute Gasteiger partial charge is 0.354 e. The van der Waals surface area contributed by atoms with Gasteiger partial charge in [0, 0.05) is 37.8 Å². The maximum atomic E-state index is 12.4. The third kappa shape index (κ3) is 4.78. The Morgan fingerprint density at radius 3 is 2.85 bits per heavy atom. The van der Waals surface area contributed by atoms with Crippen molar-refractivity contribution in [3.63, 3.8) is 0 Å². The van der Waals surface area contributed by atoms with E-state index >= 15 is 0 Å². The lowest BCUT2D eigenvalue weighted by Crippen LogP contribution is -2.31. The molecule has 1 aromatic carbocycles. The number of fused-ring (bicyclic) bond motifs is 1. The number of aromatic amines is 1. The van der Waals surface area contributed by atoms with Gasteiger partial charge in [-0.2, -0.15) is 0 Å². The Bertz CT molecular complexity index is 1070. The molecule has 0 aliphatic carbocycles. The van der Waals surface area contributed by atoms with Crippen LogP contribution in [0, 0.1) is 6.92 Å². The Balaban J connectivity index is 1.47. The molecule has 0 radical (unpaired) electrons.